The molecule has 22 heavy (non-hydrogen) atoms. The summed E-state index contributed by atoms with van der Waals surface area (Å²) in [5, 5.41) is 9.63. The van der Waals surface area contributed by atoms with Gasteiger partial charge < -0.3 is 24.1 Å². The highest BCUT2D eigenvalue weighted by molar-refractivity contribution is 5.56. The second-order valence-corrected chi connectivity index (χ2v) is 5.42. The molecule has 0 bridgehead atoms. The summed E-state index contributed by atoms with van der Waals surface area (Å²) in [5.41, 5.74) is 1.99. The first-order valence-electron chi connectivity index (χ1n) is 7.09. The summed E-state index contributed by atoms with van der Waals surface area (Å²) >= 11 is 0. The van der Waals surface area contributed by atoms with E-state index in [0.717, 1.165) is 16.9 Å². The van der Waals surface area contributed by atoms with E-state index in [1.54, 1.807) is 26.4 Å². The third-order valence-corrected chi connectivity index (χ3v) is 4.26. The molecule has 4 rings (SSSR count). The average molecular weight is 300 g/mol. The Balaban J connectivity index is 1.80. The van der Waals surface area contributed by atoms with Crippen molar-refractivity contribution in [1.29, 1.82) is 0 Å². The number of methoxy groups -OCH3 is 2. The highest BCUT2D eigenvalue weighted by atomic mass is 16.5. The summed E-state index contributed by atoms with van der Waals surface area (Å²) < 4.78 is 22.6. The van der Waals surface area contributed by atoms with Gasteiger partial charge in [-0.3, -0.25) is 0 Å². The molecule has 2 atom stereocenters. The lowest BCUT2D eigenvalue weighted by Crippen LogP contribution is -2.23. The summed E-state index contributed by atoms with van der Waals surface area (Å²) in [6, 6.07) is 8.94. The minimum Gasteiger partial charge on any atom is -0.508 e. The van der Waals surface area contributed by atoms with Gasteiger partial charge >= 0.3 is 0 Å². The maximum absolute atomic E-state index is 9.63. The van der Waals surface area contributed by atoms with Gasteiger partial charge in [-0.25, -0.2) is 0 Å². The molecule has 2 heterocycles. The van der Waals surface area contributed by atoms with E-state index >= 15 is 0 Å². The van der Waals surface area contributed by atoms with E-state index in [4.69, 9.17) is 18.9 Å². The fraction of sp³-hybridized carbons (Fsp3) is 0.294. The summed E-state index contributed by atoms with van der Waals surface area (Å²) in [7, 11) is 3.20. The van der Waals surface area contributed by atoms with Gasteiger partial charge in [0.05, 0.1) is 26.7 Å². The highest BCUT2D eigenvalue weighted by Gasteiger charge is 2.41. The van der Waals surface area contributed by atoms with E-state index in [2.05, 4.69) is 0 Å². The lowest BCUT2D eigenvalue weighted by Gasteiger charge is -2.28. The van der Waals surface area contributed by atoms with Crippen LogP contribution in [-0.4, -0.2) is 25.9 Å². The lowest BCUT2D eigenvalue weighted by molar-refractivity contribution is 0.138. The van der Waals surface area contributed by atoms with Gasteiger partial charge in [0.2, 0.25) is 0 Å². The monoisotopic (exact) mass is 300 g/mol. The number of benzene rings is 2. The van der Waals surface area contributed by atoms with Crippen LogP contribution in [0.4, 0.5) is 0 Å². The van der Waals surface area contributed by atoms with Crippen molar-refractivity contribution >= 4 is 0 Å². The van der Waals surface area contributed by atoms with E-state index in [-0.39, 0.29) is 17.8 Å². The lowest BCUT2D eigenvalue weighted by atomic mass is 9.89. The second-order valence-electron chi connectivity index (χ2n) is 5.42. The van der Waals surface area contributed by atoms with Gasteiger partial charge in [0.25, 0.3) is 0 Å². The number of aromatic hydroxyl groups is 1. The third-order valence-electron chi connectivity index (χ3n) is 4.26. The Kier molecular flexibility index (Phi) is 2.82. The molecule has 0 aliphatic carbocycles. The van der Waals surface area contributed by atoms with Crippen molar-refractivity contribution in [2.75, 3.05) is 20.8 Å². The largest absolute Gasteiger partial charge is 0.508 e. The number of rotatable bonds is 2. The molecule has 2 aliphatic rings. The Hall–Kier alpha value is -2.56. The molecule has 0 fully saturated rings. The van der Waals surface area contributed by atoms with Crippen LogP contribution in [0.2, 0.25) is 0 Å². The summed E-state index contributed by atoms with van der Waals surface area (Å²) in [5.74, 6) is 3.05. The van der Waals surface area contributed by atoms with Crippen LogP contribution >= 0.6 is 0 Å². The number of ether oxygens (including phenoxy) is 4. The van der Waals surface area contributed by atoms with Crippen LogP contribution in [0.1, 0.15) is 23.1 Å². The van der Waals surface area contributed by atoms with Crippen LogP contribution in [0.15, 0.2) is 30.3 Å². The molecule has 1 N–H and O–H groups in total. The second kappa shape index (κ2) is 4.73. The maximum atomic E-state index is 9.63. The Morgan fingerprint density at radius 2 is 1.77 bits per heavy atom. The normalized spacial score (nSPS) is 21.0. The van der Waals surface area contributed by atoms with Crippen molar-refractivity contribution in [2.45, 2.75) is 12.0 Å². The van der Waals surface area contributed by atoms with Crippen LogP contribution in [0.5, 0.6) is 28.7 Å². The number of fused-ring (bicyclic) bond motifs is 5. The Bertz CT molecular complexity index is 740. The molecule has 5 nitrogen and oxygen atoms in total. The zero-order valence-corrected chi connectivity index (χ0v) is 12.3. The van der Waals surface area contributed by atoms with Crippen LogP contribution < -0.4 is 18.9 Å². The quantitative estimate of drug-likeness (QED) is 0.924. The predicted molar refractivity (Wildman–Crippen MR) is 79.3 cm³/mol. The van der Waals surface area contributed by atoms with Crippen molar-refractivity contribution in [3.63, 3.8) is 0 Å². The fourth-order valence-electron chi connectivity index (χ4n) is 3.17. The van der Waals surface area contributed by atoms with Gasteiger partial charge in [0.1, 0.15) is 23.4 Å². The van der Waals surface area contributed by atoms with Gasteiger partial charge in [-0.05, 0) is 12.1 Å². The van der Waals surface area contributed by atoms with Gasteiger partial charge in [-0.2, -0.15) is 0 Å². The average Bonchev–Trinajstić information content (AvgIpc) is 2.91. The molecule has 2 aromatic carbocycles. The van der Waals surface area contributed by atoms with Crippen molar-refractivity contribution in [3.05, 3.63) is 41.5 Å². The van der Waals surface area contributed by atoms with E-state index in [9.17, 15) is 5.11 Å². The Labute approximate surface area is 128 Å². The molecule has 0 aromatic heterocycles. The zero-order chi connectivity index (χ0) is 15.3. The molecule has 114 valence electrons. The first kappa shape index (κ1) is 13.1. The fourth-order valence-corrected chi connectivity index (χ4v) is 3.17. The predicted octanol–water partition coefficient (Wildman–Crippen LogP) is 3.02. The molecule has 2 unspecified atom stereocenters. The smallest absolute Gasteiger partial charge is 0.164 e. The van der Waals surface area contributed by atoms with Crippen molar-refractivity contribution in [1.82, 2.24) is 0 Å². The van der Waals surface area contributed by atoms with Gasteiger partial charge in [-0.15, -0.1) is 0 Å². The van der Waals surface area contributed by atoms with Crippen LogP contribution in [0.25, 0.3) is 0 Å². The topological polar surface area (TPSA) is 57.2 Å². The molecule has 0 saturated heterocycles. The third kappa shape index (κ3) is 1.78. The first-order chi connectivity index (χ1) is 10.7. The molecular weight excluding hydrogens is 284 g/mol. The van der Waals surface area contributed by atoms with E-state index in [1.807, 2.05) is 18.2 Å². The summed E-state index contributed by atoms with van der Waals surface area (Å²) in [6.45, 7) is 0.533. The summed E-state index contributed by atoms with van der Waals surface area (Å²) in [4.78, 5) is 0. The van der Waals surface area contributed by atoms with E-state index < -0.39 is 0 Å². The standard InChI is InChI=1S/C17H16O5/c1-19-15-6-11-13(7-16(15)20-2)21-8-12-10-4-3-9(18)5-14(10)22-17(11)12/h3-7,12,17-18H,8H2,1-2H3. The molecule has 0 spiro atoms. The SMILES string of the molecule is COc1cc2c(cc1OC)C1Oc3cc(O)ccc3C1CO2. The van der Waals surface area contributed by atoms with Gasteiger partial charge in [-0.1, -0.05) is 6.07 Å². The zero-order valence-electron chi connectivity index (χ0n) is 12.3. The molecule has 5 heteroatoms. The molecule has 2 aromatic rings. The number of phenolic OH excluding ortho intramolecular Hbond substituents is 1. The van der Waals surface area contributed by atoms with Crippen molar-refractivity contribution < 1.29 is 24.1 Å². The van der Waals surface area contributed by atoms with Crippen LogP contribution in [-0.2, 0) is 0 Å². The molecular formula is C17H16O5. The number of hydrogen-bond donors (Lipinski definition) is 1. The van der Waals surface area contributed by atoms with Gasteiger partial charge in [0, 0.05) is 23.3 Å². The van der Waals surface area contributed by atoms with Crippen LogP contribution in [0.3, 0.4) is 0 Å². The minimum atomic E-state index is -0.139. The Morgan fingerprint density at radius 1 is 1.00 bits per heavy atom. The molecule has 0 amide bonds. The van der Waals surface area contributed by atoms with E-state index in [0.29, 0.717) is 23.9 Å². The van der Waals surface area contributed by atoms with Crippen LogP contribution in [0, 0.1) is 0 Å². The maximum Gasteiger partial charge on any atom is 0.164 e. The number of hydrogen-bond acceptors (Lipinski definition) is 5. The van der Waals surface area contributed by atoms with Gasteiger partial charge in [0.15, 0.2) is 11.5 Å². The van der Waals surface area contributed by atoms with Crippen molar-refractivity contribution in [3.8, 4) is 28.7 Å². The highest BCUT2D eigenvalue weighted by Crippen LogP contribution is 2.53. The molecule has 0 saturated carbocycles. The van der Waals surface area contributed by atoms with E-state index in [1.165, 1.54) is 0 Å². The van der Waals surface area contributed by atoms with Crippen molar-refractivity contribution in [2.24, 2.45) is 0 Å². The minimum absolute atomic E-state index is 0.112. The molecule has 2 aliphatic heterocycles. The Morgan fingerprint density at radius 3 is 2.55 bits per heavy atom. The molecule has 0 radical (unpaired) electrons. The first-order valence-corrected chi connectivity index (χ1v) is 7.09. The summed E-state index contributed by atoms with van der Waals surface area (Å²) in [6.07, 6.45) is -0.139. The number of phenols is 1.